The third-order valence-corrected chi connectivity index (χ3v) is 6.12. The average molecular weight is 438 g/mol. The van der Waals surface area contributed by atoms with Gasteiger partial charge in [-0.2, -0.15) is 5.26 Å². The van der Waals surface area contributed by atoms with Gasteiger partial charge in [-0.1, -0.05) is 42.5 Å². The number of carbonyl (C=O) groups excluding carboxylic acids is 3. The number of nitrogens with one attached hydrogen (secondary N) is 1. The molecule has 6 nitrogen and oxygen atoms in total. The van der Waals surface area contributed by atoms with E-state index < -0.39 is 0 Å². The van der Waals surface area contributed by atoms with Crippen molar-refractivity contribution in [3.8, 4) is 6.07 Å². The van der Waals surface area contributed by atoms with Crippen LogP contribution in [0.1, 0.15) is 16.7 Å². The predicted octanol–water partition coefficient (Wildman–Crippen LogP) is 3.64. The third kappa shape index (κ3) is 5.99. The fourth-order valence-corrected chi connectivity index (χ4v) is 4.37. The molecule has 3 rings (SSSR count). The number of hydrogen-bond donors (Lipinski definition) is 1. The van der Waals surface area contributed by atoms with Gasteiger partial charge in [0.05, 0.1) is 22.3 Å². The van der Waals surface area contributed by atoms with Crippen LogP contribution in [0.25, 0.3) is 6.08 Å². The molecule has 0 atom stereocenters. The Morgan fingerprint density at radius 2 is 1.87 bits per heavy atom. The second kappa shape index (κ2) is 10.7. The largest absolute Gasteiger partial charge is 0.354 e. The number of nitriles is 1. The lowest BCUT2D eigenvalue weighted by molar-refractivity contribution is -0.123. The van der Waals surface area contributed by atoms with Crippen LogP contribution in [0.2, 0.25) is 0 Å². The van der Waals surface area contributed by atoms with E-state index in [4.69, 9.17) is 5.26 Å². The molecule has 0 aromatic heterocycles. The summed E-state index contributed by atoms with van der Waals surface area (Å²) in [4.78, 5) is 38.1. The van der Waals surface area contributed by atoms with E-state index in [1.54, 1.807) is 18.2 Å². The maximum atomic E-state index is 12.4. The van der Waals surface area contributed by atoms with Crippen molar-refractivity contribution in [2.24, 2.45) is 0 Å². The number of benzene rings is 2. The molecular weight excluding hydrogens is 418 g/mol. The van der Waals surface area contributed by atoms with E-state index in [2.05, 4.69) is 11.4 Å². The van der Waals surface area contributed by atoms with Crippen molar-refractivity contribution in [3.05, 3.63) is 76.2 Å². The van der Waals surface area contributed by atoms with Crippen molar-refractivity contribution in [3.63, 3.8) is 0 Å². The number of hydrogen-bond acceptors (Lipinski definition) is 6. The topological polar surface area (TPSA) is 90.3 Å². The van der Waals surface area contributed by atoms with E-state index in [0.717, 1.165) is 27.8 Å². The minimum absolute atomic E-state index is 0.142. The van der Waals surface area contributed by atoms with Crippen molar-refractivity contribution in [2.45, 2.75) is 5.75 Å². The van der Waals surface area contributed by atoms with Crippen LogP contribution < -0.4 is 5.32 Å². The summed E-state index contributed by atoms with van der Waals surface area (Å²) < 4.78 is 0. The first-order chi connectivity index (χ1) is 14.6. The molecule has 1 saturated heterocycles. The Kier molecular flexibility index (Phi) is 7.71. The molecule has 0 radical (unpaired) electrons. The summed E-state index contributed by atoms with van der Waals surface area (Å²) in [6, 6.07) is 18.6. The molecule has 30 heavy (non-hydrogen) atoms. The van der Waals surface area contributed by atoms with Crippen molar-refractivity contribution >= 4 is 46.7 Å². The Labute approximate surface area is 183 Å². The van der Waals surface area contributed by atoms with Gasteiger partial charge in [0.1, 0.15) is 0 Å². The van der Waals surface area contributed by atoms with Crippen LogP contribution in [0.4, 0.5) is 4.79 Å². The van der Waals surface area contributed by atoms with Crippen LogP contribution in [0, 0.1) is 11.3 Å². The highest BCUT2D eigenvalue weighted by molar-refractivity contribution is 8.18. The first-order valence-corrected chi connectivity index (χ1v) is 11.2. The minimum Gasteiger partial charge on any atom is -0.354 e. The highest BCUT2D eigenvalue weighted by Crippen LogP contribution is 2.31. The maximum absolute atomic E-state index is 12.4. The highest BCUT2D eigenvalue weighted by Gasteiger charge is 2.34. The summed E-state index contributed by atoms with van der Waals surface area (Å²) in [5, 5.41) is 11.2. The maximum Gasteiger partial charge on any atom is 0.293 e. The van der Waals surface area contributed by atoms with Crippen LogP contribution in [-0.2, 0) is 15.3 Å². The summed E-state index contributed by atoms with van der Waals surface area (Å²) in [5.41, 5.74) is 2.50. The molecule has 1 aliphatic rings. The number of thioether (sulfide) groups is 2. The van der Waals surface area contributed by atoms with Gasteiger partial charge in [0.2, 0.25) is 5.91 Å². The van der Waals surface area contributed by atoms with E-state index in [9.17, 15) is 14.4 Å². The molecule has 0 bridgehead atoms. The quantitative estimate of drug-likeness (QED) is 0.634. The molecule has 1 N–H and O–H groups in total. The zero-order chi connectivity index (χ0) is 21.3. The van der Waals surface area contributed by atoms with Gasteiger partial charge in [-0.15, -0.1) is 11.8 Å². The predicted molar refractivity (Wildman–Crippen MR) is 119 cm³/mol. The molecule has 1 heterocycles. The monoisotopic (exact) mass is 437 g/mol. The summed E-state index contributed by atoms with van der Waals surface area (Å²) in [6.45, 7) is 0.357. The van der Waals surface area contributed by atoms with Crippen LogP contribution in [0.3, 0.4) is 0 Å². The van der Waals surface area contributed by atoms with Crippen molar-refractivity contribution < 1.29 is 14.4 Å². The van der Waals surface area contributed by atoms with E-state index >= 15 is 0 Å². The molecule has 0 unspecified atom stereocenters. The Bertz CT molecular complexity index is 999. The summed E-state index contributed by atoms with van der Waals surface area (Å²) in [5.74, 6) is 0.446. The molecule has 1 aliphatic heterocycles. The molecule has 8 heteroatoms. The molecule has 152 valence electrons. The van der Waals surface area contributed by atoms with Gasteiger partial charge >= 0.3 is 0 Å². The second-order valence-electron chi connectivity index (χ2n) is 6.40. The Balaban J connectivity index is 1.40. The summed E-state index contributed by atoms with van der Waals surface area (Å²) >= 11 is 2.37. The number of rotatable bonds is 8. The van der Waals surface area contributed by atoms with E-state index in [1.165, 1.54) is 11.8 Å². The molecule has 0 spiro atoms. The van der Waals surface area contributed by atoms with Crippen molar-refractivity contribution in [1.82, 2.24) is 10.2 Å². The molecule has 2 aromatic carbocycles. The number of amides is 3. The Morgan fingerprint density at radius 3 is 2.57 bits per heavy atom. The molecule has 3 amide bonds. The van der Waals surface area contributed by atoms with Gasteiger partial charge in [-0.3, -0.25) is 19.3 Å². The normalized spacial score (nSPS) is 14.8. The molecule has 1 fully saturated rings. The SMILES string of the molecule is N#Cc1ccc(CSCC(=O)NCCN2C(=O)S/C(=C\c3ccccc3)C2=O)cc1. The fourth-order valence-electron chi connectivity index (χ4n) is 2.69. The number of carbonyl (C=O) groups is 3. The number of nitrogens with zero attached hydrogens (tertiary/aromatic N) is 2. The van der Waals surface area contributed by atoms with Crippen molar-refractivity contribution in [1.29, 1.82) is 5.26 Å². The lowest BCUT2D eigenvalue weighted by Crippen LogP contribution is -2.37. The number of imide groups is 1. The van der Waals surface area contributed by atoms with Crippen LogP contribution in [-0.4, -0.2) is 40.8 Å². The van der Waals surface area contributed by atoms with Crippen LogP contribution >= 0.6 is 23.5 Å². The standard InChI is InChI=1S/C22H19N3O3S2/c23-13-17-6-8-18(9-7-17)14-29-15-20(26)24-10-11-25-21(27)19(30-22(25)28)12-16-4-2-1-3-5-16/h1-9,12H,10-11,14-15H2,(H,24,26)/b19-12-. The lowest BCUT2D eigenvalue weighted by atomic mass is 10.2. The van der Waals surface area contributed by atoms with Gasteiger partial charge < -0.3 is 5.32 Å². The second-order valence-corrected chi connectivity index (χ2v) is 8.37. The Hall–Kier alpha value is -3.02. The lowest BCUT2D eigenvalue weighted by Gasteiger charge is -2.13. The Morgan fingerprint density at radius 1 is 1.13 bits per heavy atom. The highest BCUT2D eigenvalue weighted by atomic mass is 32.2. The minimum atomic E-state index is -0.335. The van der Waals surface area contributed by atoms with E-state index in [0.29, 0.717) is 16.2 Å². The summed E-state index contributed by atoms with van der Waals surface area (Å²) in [6.07, 6.45) is 1.70. The van der Waals surface area contributed by atoms with E-state index in [-0.39, 0.29) is 35.9 Å². The van der Waals surface area contributed by atoms with Gasteiger partial charge in [-0.05, 0) is 41.1 Å². The van der Waals surface area contributed by atoms with Crippen LogP contribution in [0.5, 0.6) is 0 Å². The first kappa shape index (κ1) is 21.7. The smallest absolute Gasteiger partial charge is 0.293 e. The van der Waals surface area contributed by atoms with E-state index in [1.807, 2.05) is 42.5 Å². The first-order valence-electron chi connectivity index (χ1n) is 9.21. The molecule has 2 aromatic rings. The third-order valence-electron chi connectivity index (χ3n) is 4.21. The van der Waals surface area contributed by atoms with Gasteiger partial charge in [0.25, 0.3) is 11.1 Å². The van der Waals surface area contributed by atoms with Gasteiger partial charge in [0, 0.05) is 18.8 Å². The fraction of sp³-hybridized carbons (Fsp3) is 0.182. The molecular formula is C22H19N3O3S2. The molecule has 0 saturated carbocycles. The molecule has 0 aliphatic carbocycles. The van der Waals surface area contributed by atoms with Crippen LogP contribution in [0.15, 0.2) is 59.5 Å². The van der Waals surface area contributed by atoms with Crippen molar-refractivity contribution in [2.75, 3.05) is 18.8 Å². The van der Waals surface area contributed by atoms with Gasteiger partial charge in [-0.25, -0.2) is 0 Å². The zero-order valence-electron chi connectivity index (χ0n) is 16.0. The average Bonchev–Trinajstić information content (AvgIpc) is 3.02. The zero-order valence-corrected chi connectivity index (χ0v) is 17.7. The summed E-state index contributed by atoms with van der Waals surface area (Å²) in [7, 11) is 0. The van der Waals surface area contributed by atoms with Gasteiger partial charge in [0.15, 0.2) is 0 Å².